The quantitative estimate of drug-likeness (QED) is 0.0464. The Morgan fingerprint density at radius 1 is 0.368 bits per heavy atom. The van der Waals surface area contributed by atoms with Crippen LogP contribution in [0, 0.1) is 47.3 Å². The molecule has 0 bridgehead atoms. The first kappa shape index (κ1) is 118. The monoisotopic (exact) mass is 2040 g/mol. The second-order valence-electron chi connectivity index (χ2n) is 37.9. The van der Waals surface area contributed by atoms with Gasteiger partial charge in [-0.25, -0.2) is 0 Å². The lowest BCUT2D eigenvalue weighted by Gasteiger charge is -2.52. The first-order valence-corrected chi connectivity index (χ1v) is 48.2. The molecule has 2 unspecified atom stereocenters. The van der Waals surface area contributed by atoms with Crippen LogP contribution in [0.5, 0.6) is 0 Å². The molecule has 0 radical (unpaired) electrons. The summed E-state index contributed by atoms with van der Waals surface area (Å²) in [5.74, 6) is -7.02. The van der Waals surface area contributed by atoms with Gasteiger partial charge in [0.2, 0.25) is 0 Å². The smallest absolute Gasteiger partial charge is 0.425 e. The Hall–Kier alpha value is -4.52. The number of hydrogen-bond acceptors (Lipinski definition) is 48. The second kappa shape index (κ2) is 51.8. The summed E-state index contributed by atoms with van der Waals surface area (Å²) in [6, 6.07) is 19.5. The number of benzene rings is 2. The lowest BCUT2D eigenvalue weighted by molar-refractivity contribution is -0.498. The van der Waals surface area contributed by atoms with E-state index in [0.717, 1.165) is 24.0 Å². The fourth-order valence-corrected chi connectivity index (χ4v) is 19.6. The SMILES string of the molecule is CC1(C)OC[C@@H]2[C@@H](C[C@@H]3OC(c4ccccc4)O[C@H]([C@H]4COC(C)(C)O4)[C@@H]3[O-])C[C@H]3OC(C)(C)O[C@H]3[C@@H]2O1.CC1(C)OC[C@H]([C@H]2OC(c3ccccc3)O[C@@H](C[C@H]3C[C@H]4OC(C)(C)O[C@H]4[C@@H]3[C@H]3COC(C)(C)O3)[C@H]2[O-])O1.O=S(=O)=O.O=S(=O)=O.O=S(=O)=O.O=S(=O)=O.[O-][C@@H]([C@H](O)[C@H](O)CO)[C@@H](O)C[C@H]1C[C@@H](O)[C@@H](O)[C@@H]1[C@H](O)CO.[O-][C@@H]([C@H](O)[C@H](O)CO)[C@@H](O)C[C@H]1C[C@@H](O)[C@@H](O)[C@H](O)[C@@H]1CO. The van der Waals surface area contributed by atoms with Crippen LogP contribution in [0.25, 0.3) is 0 Å². The predicted octanol–water partition coefficient (Wildman–Crippen LogP) is -8.14. The number of hydrogen-bond donors (Lipinski definition) is 16. The van der Waals surface area contributed by atoms with Crippen LogP contribution in [0.15, 0.2) is 60.7 Å². The van der Waals surface area contributed by atoms with E-state index < -0.39 is 274 Å². The molecular weight excluding hydrogens is 1910 g/mol. The number of rotatable bonds is 24. The Morgan fingerprint density at radius 2 is 0.713 bits per heavy atom. The van der Waals surface area contributed by atoms with E-state index in [1.54, 1.807) is 0 Å². The van der Waals surface area contributed by atoms with Gasteiger partial charge in [-0.2, -0.15) is 0 Å². The summed E-state index contributed by atoms with van der Waals surface area (Å²) in [7, 11) is -12.4. The van der Waals surface area contributed by atoms with Crippen LogP contribution in [-0.2, 0) is 118 Å². The molecule has 48 nitrogen and oxygen atoms in total. The first-order chi connectivity index (χ1) is 63.2. The van der Waals surface area contributed by atoms with Crippen molar-refractivity contribution in [2.24, 2.45) is 47.3 Å². The van der Waals surface area contributed by atoms with Gasteiger partial charge in [0, 0.05) is 53.6 Å². The van der Waals surface area contributed by atoms with E-state index >= 15 is 0 Å². The van der Waals surface area contributed by atoms with E-state index in [2.05, 4.69) is 0 Å². The third kappa shape index (κ3) is 33.8. The number of aliphatic hydroxyl groups is 16. The molecule has 8 aliphatic heterocycles. The van der Waals surface area contributed by atoms with Gasteiger partial charge < -0.3 is 178 Å². The molecule has 0 spiro atoms. The van der Waals surface area contributed by atoms with Crippen LogP contribution >= 0.6 is 0 Å². The van der Waals surface area contributed by atoms with Gasteiger partial charge in [0.05, 0.1) is 144 Å². The van der Waals surface area contributed by atoms with Crippen molar-refractivity contribution in [3.05, 3.63) is 71.8 Å². The largest absolute Gasteiger partial charge is 0.848 e. The van der Waals surface area contributed by atoms with Gasteiger partial charge in [-0.05, 0) is 158 Å². The molecule has 8 saturated heterocycles. The molecule has 14 rings (SSSR count). The summed E-state index contributed by atoms with van der Waals surface area (Å²) in [6.45, 7) is 21.7. The van der Waals surface area contributed by atoms with E-state index in [-0.39, 0.29) is 86.0 Å². The van der Waals surface area contributed by atoms with E-state index in [4.69, 9.17) is 142 Å². The highest BCUT2D eigenvalue weighted by Crippen LogP contribution is 2.53. The molecule has 16 N–H and O–H groups in total. The maximum absolute atomic E-state index is 13.9. The second-order valence-corrected chi connectivity index (χ2v) is 39.6. The lowest BCUT2D eigenvalue weighted by Crippen LogP contribution is -2.62. The maximum atomic E-state index is 13.9. The minimum Gasteiger partial charge on any atom is -0.848 e. The fraction of sp³-hybridized carbons (Fsp3) is 0.857. The number of fused-ring (bicyclic) bond motifs is 4. The zero-order valence-electron chi connectivity index (χ0n) is 76.9. The van der Waals surface area contributed by atoms with Crippen molar-refractivity contribution in [1.82, 2.24) is 0 Å². The van der Waals surface area contributed by atoms with E-state index in [1.165, 1.54) is 0 Å². The maximum Gasteiger partial charge on any atom is 0.425 e. The van der Waals surface area contributed by atoms with Crippen molar-refractivity contribution >= 4 is 42.4 Å². The Bertz CT molecular complexity index is 4180. The first-order valence-electron chi connectivity index (χ1n) is 44.2. The summed E-state index contributed by atoms with van der Waals surface area (Å²) >= 11 is 0. The van der Waals surface area contributed by atoms with Gasteiger partial charge in [0.15, 0.2) is 47.3 Å². The predicted molar refractivity (Wildman–Crippen MR) is 444 cm³/mol. The molecule has 136 heavy (non-hydrogen) atoms. The van der Waals surface area contributed by atoms with Crippen LogP contribution in [0.2, 0.25) is 0 Å². The average Bonchev–Trinajstić information content (AvgIpc) is 1.55. The molecule has 2 aromatic carbocycles. The normalized spacial score (nSPS) is 38.0. The van der Waals surface area contributed by atoms with Crippen LogP contribution in [0.1, 0.15) is 158 Å². The molecule has 38 atom stereocenters. The van der Waals surface area contributed by atoms with Gasteiger partial charge >= 0.3 is 42.4 Å². The molecule has 4 aliphatic carbocycles. The zero-order valence-corrected chi connectivity index (χ0v) is 80.1. The van der Waals surface area contributed by atoms with Gasteiger partial charge in [0.25, 0.3) is 0 Å². The molecule has 0 amide bonds. The van der Waals surface area contributed by atoms with Crippen molar-refractivity contribution in [2.45, 2.75) is 353 Å². The molecule has 4 saturated carbocycles. The van der Waals surface area contributed by atoms with E-state index in [0.29, 0.717) is 39.3 Å². The van der Waals surface area contributed by atoms with Crippen molar-refractivity contribution in [1.29, 1.82) is 0 Å². The summed E-state index contributed by atoms with van der Waals surface area (Å²) in [5.41, 5.74) is 1.74. The lowest BCUT2D eigenvalue weighted by atomic mass is 9.71. The Kier molecular flexibility index (Phi) is 45.1. The molecular formula is C84H132O48S4-4. The molecule has 784 valence electrons. The van der Waals surface area contributed by atoms with Crippen LogP contribution < -0.4 is 20.4 Å². The van der Waals surface area contributed by atoms with Crippen molar-refractivity contribution in [2.75, 3.05) is 52.9 Å². The molecule has 52 heteroatoms. The minimum atomic E-state index is -3.11. The van der Waals surface area contributed by atoms with Crippen molar-refractivity contribution in [3.8, 4) is 0 Å². The van der Waals surface area contributed by atoms with Crippen LogP contribution in [-0.4, -0.2) is 391 Å². The Labute approximate surface area is 791 Å². The third-order valence-electron chi connectivity index (χ3n) is 25.6. The van der Waals surface area contributed by atoms with Crippen molar-refractivity contribution < 1.29 is 228 Å². The topological polar surface area (TPSA) is 768 Å². The van der Waals surface area contributed by atoms with Gasteiger partial charge in [0.1, 0.15) is 36.6 Å². The number of ether oxygens (including phenoxy) is 16. The Balaban J connectivity index is 0.000000240. The minimum absolute atomic E-state index is 0.0146. The fourth-order valence-electron chi connectivity index (χ4n) is 19.6. The highest BCUT2D eigenvalue weighted by atomic mass is 32.2. The van der Waals surface area contributed by atoms with Gasteiger partial charge in [-0.15, -0.1) is 50.5 Å². The van der Waals surface area contributed by atoms with Crippen LogP contribution in [0.4, 0.5) is 0 Å². The average molecular weight is 2040 g/mol. The van der Waals surface area contributed by atoms with E-state index in [1.807, 2.05) is 144 Å². The summed E-state index contributed by atoms with van der Waals surface area (Å²) in [4.78, 5) is 0. The summed E-state index contributed by atoms with van der Waals surface area (Å²) in [6.07, 6.45) is -28.1. The molecule has 8 heterocycles. The van der Waals surface area contributed by atoms with Gasteiger partial charge in [-0.1, -0.05) is 85.1 Å². The third-order valence-corrected chi connectivity index (χ3v) is 25.6. The number of aliphatic hydroxyl groups excluding tert-OH is 16. The van der Waals surface area contributed by atoms with Gasteiger partial charge in [-0.3, -0.25) is 0 Å². The zero-order chi connectivity index (χ0) is 102. The Morgan fingerprint density at radius 3 is 1.11 bits per heavy atom. The molecule has 12 aliphatic rings. The van der Waals surface area contributed by atoms with Crippen molar-refractivity contribution in [3.63, 3.8) is 0 Å². The van der Waals surface area contributed by atoms with Crippen LogP contribution in [0.3, 0.4) is 0 Å². The molecule has 12 fully saturated rings. The molecule has 2 aromatic rings. The standard InChI is InChI=1S/2C29H41O9.2C13H25O9.4O3S/c1-27(2)32-15-21(36-27)24-22(30)19(33-26(34-24)16-10-8-7-9-11-16)12-17-13-20-25(38-29(5,6)35-20)23-18(17)14-31-28(3,4)37-23;1-27(2)31-14-20(36-27)22-17(13-19-24(22)38-29(5,6)35-19)12-18-23(30)25(21-15-32-28(3,4)37-21)34-26(33-18)16-10-8-7-9-11-16;14-3-6-5(1-7(16)11(20)10(6)19)2-8(17)12(21)13(22)9(18)4-15;14-3-8(18)10-5(1-6(16)11(10)20)2-7(17)12(21)13(22)9(19)4-15;4*1-4(2)3/h2*7-11,17-26H,12-15H2,1-6H3;2*5-20,22H,1-4H2;;;;/q4*-1;;;;/t17-,18+,19-,20+,21+,22+,23+,24+,25+,26?;17-,18-,19+,20+,21+,22-,23+,24+,25+,26?;5-,6-,7-,8+,9-,10-,11-,12-,13-;5-,6-,7+,8-,9-,10+,11-,12-,13-;;;;/m0011..../s1. The highest BCUT2D eigenvalue weighted by molar-refractivity contribution is 7.59. The van der Waals surface area contributed by atoms with E-state index in [9.17, 15) is 86.8 Å². The summed E-state index contributed by atoms with van der Waals surface area (Å²) < 4.78 is 201. The molecule has 0 aromatic heterocycles. The highest BCUT2D eigenvalue weighted by Gasteiger charge is 2.61. The summed E-state index contributed by atoms with van der Waals surface area (Å²) in [5, 5.41) is 202.